The van der Waals surface area contributed by atoms with Crippen LogP contribution in [-0.4, -0.2) is 20.9 Å². The molecule has 0 radical (unpaired) electrons. The van der Waals surface area contributed by atoms with Gasteiger partial charge in [0.25, 0.3) is 15.0 Å². The first-order valence-corrected chi connectivity index (χ1v) is 7.30. The zero-order valence-electron chi connectivity index (χ0n) is 9.34. The van der Waals surface area contributed by atoms with Gasteiger partial charge in [0.05, 0.1) is 5.56 Å². The van der Waals surface area contributed by atoms with Crippen LogP contribution in [0.4, 0.5) is 8.78 Å². The molecule has 0 aliphatic carbocycles. The largest absolute Gasteiger partial charge is 0.352 e. The highest BCUT2D eigenvalue weighted by atomic mass is 35.7. The lowest BCUT2D eigenvalue weighted by Gasteiger charge is -2.07. The van der Waals surface area contributed by atoms with Gasteiger partial charge in [-0.1, -0.05) is 6.92 Å². The zero-order chi connectivity index (χ0) is 13.9. The highest BCUT2D eigenvalue weighted by molar-refractivity contribution is 8.13. The van der Waals surface area contributed by atoms with E-state index in [-0.39, 0.29) is 6.54 Å². The average Bonchev–Trinajstić information content (AvgIpc) is 2.27. The number of carbonyl (C=O) groups excluding carboxylic acids is 1. The van der Waals surface area contributed by atoms with Crippen molar-refractivity contribution in [3.8, 4) is 0 Å². The number of halogens is 3. The van der Waals surface area contributed by atoms with Crippen molar-refractivity contribution in [2.24, 2.45) is 0 Å². The second-order valence-electron chi connectivity index (χ2n) is 3.46. The Morgan fingerprint density at radius 2 is 2.00 bits per heavy atom. The molecule has 0 spiro atoms. The summed E-state index contributed by atoms with van der Waals surface area (Å²) in [7, 11) is 0.495. The summed E-state index contributed by atoms with van der Waals surface area (Å²) in [6, 6.07) is 1.04. The normalized spacial score (nSPS) is 11.3. The molecule has 0 heterocycles. The average molecular weight is 298 g/mol. The van der Waals surface area contributed by atoms with Crippen molar-refractivity contribution < 1.29 is 22.0 Å². The van der Waals surface area contributed by atoms with Crippen molar-refractivity contribution >= 4 is 25.6 Å². The summed E-state index contributed by atoms with van der Waals surface area (Å²) in [5, 5.41) is 2.31. The van der Waals surface area contributed by atoms with E-state index in [0.29, 0.717) is 18.6 Å². The third kappa shape index (κ3) is 3.39. The van der Waals surface area contributed by atoms with Gasteiger partial charge >= 0.3 is 0 Å². The molecule has 1 aromatic carbocycles. The molecule has 0 atom stereocenters. The van der Waals surface area contributed by atoms with E-state index in [1.54, 1.807) is 6.92 Å². The zero-order valence-corrected chi connectivity index (χ0v) is 10.9. The van der Waals surface area contributed by atoms with E-state index >= 15 is 0 Å². The van der Waals surface area contributed by atoms with Crippen molar-refractivity contribution in [1.29, 1.82) is 0 Å². The molecule has 0 unspecified atom stereocenters. The molecule has 0 fully saturated rings. The van der Waals surface area contributed by atoms with E-state index in [2.05, 4.69) is 5.32 Å². The Kier molecular flexibility index (Phi) is 4.64. The Morgan fingerprint density at radius 3 is 2.50 bits per heavy atom. The van der Waals surface area contributed by atoms with Gasteiger partial charge < -0.3 is 5.32 Å². The minimum absolute atomic E-state index is 0.262. The summed E-state index contributed by atoms with van der Waals surface area (Å²) in [5.41, 5.74) is -0.692. The van der Waals surface area contributed by atoms with Crippen LogP contribution in [0.1, 0.15) is 23.7 Å². The van der Waals surface area contributed by atoms with Gasteiger partial charge in [0.15, 0.2) is 5.82 Å². The standard InChI is InChI=1S/C10H10ClF2NO3S/c1-2-3-14-10(15)7-4-6(12)5-8(9(7)13)18(11,16)17/h4-5H,2-3H2,1H3,(H,14,15). The fourth-order valence-corrected chi connectivity index (χ4v) is 2.15. The number of amides is 1. The van der Waals surface area contributed by atoms with E-state index in [1.165, 1.54) is 0 Å². The van der Waals surface area contributed by atoms with Crippen LogP contribution in [0, 0.1) is 11.6 Å². The van der Waals surface area contributed by atoms with E-state index in [0.717, 1.165) is 0 Å². The van der Waals surface area contributed by atoms with E-state index in [1.807, 2.05) is 0 Å². The predicted molar refractivity (Wildman–Crippen MR) is 62.0 cm³/mol. The number of hydrogen-bond acceptors (Lipinski definition) is 3. The van der Waals surface area contributed by atoms with Crippen LogP contribution in [0.2, 0.25) is 0 Å². The summed E-state index contributed by atoms with van der Waals surface area (Å²) in [6.07, 6.45) is 0.601. The summed E-state index contributed by atoms with van der Waals surface area (Å²) >= 11 is 0. The third-order valence-corrected chi connectivity index (χ3v) is 3.37. The van der Waals surface area contributed by atoms with Crippen LogP contribution in [0.3, 0.4) is 0 Å². The molecule has 0 saturated heterocycles. The van der Waals surface area contributed by atoms with Crippen LogP contribution in [0.15, 0.2) is 17.0 Å². The van der Waals surface area contributed by atoms with Crippen molar-refractivity contribution in [3.63, 3.8) is 0 Å². The highest BCUT2D eigenvalue weighted by Crippen LogP contribution is 2.23. The second kappa shape index (κ2) is 5.62. The van der Waals surface area contributed by atoms with Crippen LogP contribution in [0.5, 0.6) is 0 Å². The Morgan fingerprint density at radius 1 is 1.39 bits per heavy atom. The molecular weight excluding hydrogens is 288 g/mol. The molecular formula is C10H10ClF2NO3S. The number of hydrogen-bond donors (Lipinski definition) is 1. The molecule has 0 saturated carbocycles. The Bertz CT molecular complexity index is 575. The molecule has 1 rings (SSSR count). The molecule has 1 N–H and O–H groups in total. The van der Waals surface area contributed by atoms with Crippen molar-refractivity contribution in [2.75, 3.05) is 6.54 Å². The van der Waals surface area contributed by atoms with Crippen LogP contribution < -0.4 is 5.32 Å². The van der Waals surface area contributed by atoms with E-state index < -0.39 is 37.1 Å². The van der Waals surface area contributed by atoms with E-state index in [9.17, 15) is 22.0 Å². The minimum Gasteiger partial charge on any atom is -0.352 e. The SMILES string of the molecule is CCCNC(=O)c1cc(F)cc(S(=O)(=O)Cl)c1F. The monoisotopic (exact) mass is 297 g/mol. The Labute approximate surface area is 107 Å². The molecule has 1 amide bonds. The minimum atomic E-state index is -4.46. The summed E-state index contributed by atoms with van der Waals surface area (Å²) < 4.78 is 48.9. The number of rotatable bonds is 4. The Balaban J connectivity index is 3.30. The van der Waals surface area contributed by atoms with Gasteiger partial charge in [0.1, 0.15) is 10.7 Å². The molecule has 18 heavy (non-hydrogen) atoms. The molecule has 0 aliphatic rings. The molecule has 0 aromatic heterocycles. The van der Waals surface area contributed by atoms with Gasteiger partial charge in [0.2, 0.25) is 0 Å². The summed E-state index contributed by atoms with van der Waals surface area (Å²) in [5.74, 6) is -3.31. The van der Waals surface area contributed by atoms with Crippen LogP contribution in [0.25, 0.3) is 0 Å². The second-order valence-corrected chi connectivity index (χ2v) is 5.99. The molecule has 100 valence electrons. The maximum Gasteiger partial charge on any atom is 0.264 e. The highest BCUT2D eigenvalue weighted by Gasteiger charge is 2.23. The van der Waals surface area contributed by atoms with Crippen LogP contribution in [-0.2, 0) is 9.05 Å². The van der Waals surface area contributed by atoms with Gasteiger partial charge in [-0.2, -0.15) is 0 Å². The van der Waals surface area contributed by atoms with Gasteiger partial charge in [0, 0.05) is 17.2 Å². The Hall–Kier alpha value is -1.21. The van der Waals surface area contributed by atoms with Crippen LogP contribution >= 0.6 is 10.7 Å². The fourth-order valence-electron chi connectivity index (χ4n) is 1.24. The van der Waals surface area contributed by atoms with Gasteiger partial charge in [-0.05, 0) is 18.6 Å². The first-order chi connectivity index (χ1) is 8.27. The lowest BCUT2D eigenvalue weighted by molar-refractivity contribution is 0.0948. The number of benzene rings is 1. The fraction of sp³-hybridized carbons (Fsp3) is 0.300. The maximum atomic E-state index is 13.7. The smallest absolute Gasteiger partial charge is 0.264 e. The topological polar surface area (TPSA) is 63.2 Å². The van der Waals surface area contributed by atoms with Gasteiger partial charge in [-0.25, -0.2) is 17.2 Å². The lowest BCUT2D eigenvalue weighted by Crippen LogP contribution is -2.25. The summed E-state index contributed by atoms with van der Waals surface area (Å²) in [6.45, 7) is 2.04. The van der Waals surface area contributed by atoms with E-state index in [4.69, 9.17) is 10.7 Å². The molecule has 1 aromatic rings. The number of carbonyl (C=O) groups is 1. The molecule has 4 nitrogen and oxygen atoms in total. The molecule has 0 aliphatic heterocycles. The van der Waals surface area contributed by atoms with Gasteiger partial charge in [-0.15, -0.1) is 0 Å². The quantitative estimate of drug-likeness (QED) is 0.865. The number of nitrogens with one attached hydrogen (secondary N) is 1. The van der Waals surface area contributed by atoms with Crippen molar-refractivity contribution in [2.45, 2.75) is 18.2 Å². The third-order valence-electron chi connectivity index (χ3n) is 2.05. The molecule has 0 bridgehead atoms. The first-order valence-electron chi connectivity index (χ1n) is 4.99. The molecule has 8 heteroatoms. The first kappa shape index (κ1) is 14.8. The van der Waals surface area contributed by atoms with Gasteiger partial charge in [-0.3, -0.25) is 4.79 Å². The maximum absolute atomic E-state index is 13.7. The van der Waals surface area contributed by atoms with Crippen molar-refractivity contribution in [3.05, 3.63) is 29.3 Å². The predicted octanol–water partition coefficient (Wildman–Crippen LogP) is 2.03. The summed E-state index contributed by atoms with van der Waals surface area (Å²) in [4.78, 5) is 10.4. The lowest BCUT2D eigenvalue weighted by atomic mass is 10.2. The van der Waals surface area contributed by atoms with Crippen molar-refractivity contribution in [1.82, 2.24) is 5.32 Å².